The molecule has 0 aromatic carbocycles. The standard InChI is InChI=1S/C11H20N4O2/c1-9-11(17)13-4-7-15(9)10(16)8-14-5-2-12-3-6-14/h9,12H,2-8H2,1H3,(H,13,17). The molecule has 0 radical (unpaired) electrons. The summed E-state index contributed by atoms with van der Waals surface area (Å²) in [4.78, 5) is 27.4. The molecule has 17 heavy (non-hydrogen) atoms. The highest BCUT2D eigenvalue weighted by atomic mass is 16.2. The molecule has 2 saturated heterocycles. The number of nitrogens with zero attached hydrogens (tertiary/aromatic N) is 2. The van der Waals surface area contributed by atoms with Crippen molar-refractivity contribution in [3.63, 3.8) is 0 Å². The summed E-state index contributed by atoms with van der Waals surface area (Å²) < 4.78 is 0. The van der Waals surface area contributed by atoms with Crippen molar-refractivity contribution in [2.24, 2.45) is 0 Å². The highest BCUT2D eigenvalue weighted by Crippen LogP contribution is 2.05. The molecule has 2 fully saturated rings. The Kier molecular flexibility index (Phi) is 3.96. The number of rotatable bonds is 2. The monoisotopic (exact) mass is 240 g/mol. The summed E-state index contributed by atoms with van der Waals surface area (Å²) in [5.74, 6) is 0.0131. The van der Waals surface area contributed by atoms with E-state index in [-0.39, 0.29) is 17.9 Å². The summed E-state index contributed by atoms with van der Waals surface area (Å²) in [6, 6.07) is -0.334. The van der Waals surface area contributed by atoms with Crippen LogP contribution in [0.5, 0.6) is 0 Å². The molecule has 0 saturated carbocycles. The van der Waals surface area contributed by atoms with Crippen LogP contribution in [0, 0.1) is 0 Å². The fraction of sp³-hybridized carbons (Fsp3) is 0.818. The lowest BCUT2D eigenvalue weighted by Crippen LogP contribution is -2.58. The number of carbonyl (C=O) groups is 2. The van der Waals surface area contributed by atoms with Crippen LogP contribution in [0.15, 0.2) is 0 Å². The van der Waals surface area contributed by atoms with Gasteiger partial charge in [-0.05, 0) is 6.92 Å². The van der Waals surface area contributed by atoms with Crippen molar-refractivity contribution in [2.75, 3.05) is 45.8 Å². The van der Waals surface area contributed by atoms with Crippen LogP contribution in [0.2, 0.25) is 0 Å². The van der Waals surface area contributed by atoms with Gasteiger partial charge in [0.1, 0.15) is 6.04 Å². The van der Waals surface area contributed by atoms with Gasteiger partial charge in [0.25, 0.3) is 0 Å². The molecule has 2 aliphatic rings. The third-order valence-electron chi connectivity index (χ3n) is 3.39. The van der Waals surface area contributed by atoms with Gasteiger partial charge in [0.2, 0.25) is 11.8 Å². The zero-order chi connectivity index (χ0) is 12.3. The first-order chi connectivity index (χ1) is 8.18. The molecular weight excluding hydrogens is 220 g/mol. The summed E-state index contributed by atoms with van der Waals surface area (Å²) in [5, 5.41) is 6.02. The Hall–Kier alpha value is -1.14. The minimum atomic E-state index is -0.334. The second-order valence-corrected chi connectivity index (χ2v) is 4.58. The number of nitrogens with one attached hydrogen (secondary N) is 2. The van der Waals surface area contributed by atoms with E-state index in [4.69, 9.17) is 0 Å². The molecule has 2 rings (SSSR count). The highest BCUT2D eigenvalue weighted by molar-refractivity contribution is 5.89. The SMILES string of the molecule is CC1C(=O)NCCN1C(=O)CN1CCNCC1. The van der Waals surface area contributed by atoms with Gasteiger partial charge in [-0.3, -0.25) is 14.5 Å². The summed E-state index contributed by atoms with van der Waals surface area (Å²) in [6.45, 7) is 7.07. The second kappa shape index (κ2) is 5.46. The van der Waals surface area contributed by atoms with Crippen molar-refractivity contribution in [2.45, 2.75) is 13.0 Å². The van der Waals surface area contributed by atoms with E-state index in [1.165, 1.54) is 0 Å². The summed E-state index contributed by atoms with van der Waals surface area (Å²) in [7, 11) is 0. The minimum absolute atomic E-state index is 0.0510. The molecule has 1 atom stereocenters. The van der Waals surface area contributed by atoms with Gasteiger partial charge in [0.05, 0.1) is 6.54 Å². The first-order valence-corrected chi connectivity index (χ1v) is 6.19. The van der Waals surface area contributed by atoms with Crippen LogP contribution < -0.4 is 10.6 Å². The number of piperazine rings is 2. The number of carbonyl (C=O) groups excluding carboxylic acids is 2. The van der Waals surface area contributed by atoms with Crippen LogP contribution in [0.25, 0.3) is 0 Å². The molecule has 0 spiro atoms. The Labute approximate surface area is 101 Å². The van der Waals surface area contributed by atoms with Gasteiger partial charge in [0, 0.05) is 39.3 Å². The summed E-state index contributed by atoms with van der Waals surface area (Å²) in [6.07, 6.45) is 0. The van der Waals surface area contributed by atoms with Gasteiger partial charge >= 0.3 is 0 Å². The Balaban J connectivity index is 1.87. The first kappa shape index (κ1) is 12.3. The fourth-order valence-electron chi connectivity index (χ4n) is 2.27. The van der Waals surface area contributed by atoms with Gasteiger partial charge in [-0.25, -0.2) is 0 Å². The molecule has 96 valence electrons. The molecule has 6 nitrogen and oxygen atoms in total. The summed E-state index contributed by atoms with van der Waals surface area (Å²) >= 11 is 0. The smallest absolute Gasteiger partial charge is 0.242 e. The van der Waals surface area contributed by atoms with Crippen LogP contribution >= 0.6 is 0 Å². The molecule has 6 heteroatoms. The van der Waals surface area contributed by atoms with E-state index in [0.29, 0.717) is 19.6 Å². The van der Waals surface area contributed by atoms with E-state index >= 15 is 0 Å². The quantitative estimate of drug-likeness (QED) is 0.600. The van der Waals surface area contributed by atoms with Gasteiger partial charge in [-0.1, -0.05) is 0 Å². The molecule has 2 heterocycles. The third kappa shape index (κ3) is 2.95. The van der Waals surface area contributed by atoms with Crippen molar-refractivity contribution < 1.29 is 9.59 Å². The lowest BCUT2D eigenvalue weighted by molar-refractivity contribution is -0.143. The van der Waals surface area contributed by atoms with Crippen molar-refractivity contribution >= 4 is 11.8 Å². The Morgan fingerprint density at radius 3 is 2.71 bits per heavy atom. The van der Waals surface area contributed by atoms with E-state index < -0.39 is 0 Å². The Bertz CT molecular complexity index is 302. The van der Waals surface area contributed by atoms with Crippen LogP contribution in [0.3, 0.4) is 0 Å². The van der Waals surface area contributed by atoms with E-state index in [1.807, 2.05) is 0 Å². The maximum atomic E-state index is 12.1. The normalized spacial score (nSPS) is 26.8. The summed E-state index contributed by atoms with van der Waals surface area (Å²) in [5.41, 5.74) is 0. The Morgan fingerprint density at radius 1 is 1.29 bits per heavy atom. The van der Waals surface area contributed by atoms with Gasteiger partial charge < -0.3 is 15.5 Å². The Morgan fingerprint density at radius 2 is 2.00 bits per heavy atom. The van der Waals surface area contributed by atoms with Gasteiger partial charge in [-0.2, -0.15) is 0 Å². The molecule has 1 unspecified atom stereocenters. The van der Waals surface area contributed by atoms with E-state index in [0.717, 1.165) is 26.2 Å². The lowest BCUT2D eigenvalue weighted by Gasteiger charge is -2.35. The molecule has 0 aromatic heterocycles. The van der Waals surface area contributed by atoms with Crippen LogP contribution in [-0.4, -0.2) is 73.5 Å². The van der Waals surface area contributed by atoms with Crippen molar-refractivity contribution in [1.82, 2.24) is 20.4 Å². The zero-order valence-electron chi connectivity index (χ0n) is 10.2. The van der Waals surface area contributed by atoms with Gasteiger partial charge in [0.15, 0.2) is 0 Å². The van der Waals surface area contributed by atoms with Gasteiger partial charge in [-0.15, -0.1) is 0 Å². The van der Waals surface area contributed by atoms with Crippen LogP contribution in [0.1, 0.15) is 6.92 Å². The number of hydrogen-bond donors (Lipinski definition) is 2. The molecule has 2 amide bonds. The molecule has 2 N–H and O–H groups in total. The first-order valence-electron chi connectivity index (χ1n) is 6.19. The van der Waals surface area contributed by atoms with Crippen molar-refractivity contribution in [3.8, 4) is 0 Å². The second-order valence-electron chi connectivity index (χ2n) is 4.58. The largest absolute Gasteiger partial charge is 0.353 e. The molecular formula is C11H20N4O2. The van der Waals surface area contributed by atoms with Crippen molar-refractivity contribution in [1.29, 1.82) is 0 Å². The topological polar surface area (TPSA) is 64.7 Å². The molecule has 0 aromatic rings. The number of amides is 2. The van der Waals surface area contributed by atoms with E-state index in [2.05, 4.69) is 15.5 Å². The zero-order valence-corrected chi connectivity index (χ0v) is 10.2. The molecule has 2 aliphatic heterocycles. The average molecular weight is 240 g/mol. The predicted octanol–water partition coefficient (Wildman–Crippen LogP) is -1.76. The third-order valence-corrected chi connectivity index (χ3v) is 3.39. The fourth-order valence-corrected chi connectivity index (χ4v) is 2.27. The maximum absolute atomic E-state index is 12.1. The molecule has 0 aliphatic carbocycles. The molecule has 0 bridgehead atoms. The average Bonchev–Trinajstić information content (AvgIpc) is 2.34. The highest BCUT2D eigenvalue weighted by Gasteiger charge is 2.29. The van der Waals surface area contributed by atoms with Crippen LogP contribution in [0.4, 0.5) is 0 Å². The maximum Gasteiger partial charge on any atom is 0.242 e. The van der Waals surface area contributed by atoms with E-state index in [9.17, 15) is 9.59 Å². The lowest BCUT2D eigenvalue weighted by atomic mass is 10.2. The number of hydrogen-bond acceptors (Lipinski definition) is 4. The van der Waals surface area contributed by atoms with E-state index in [1.54, 1.807) is 11.8 Å². The minimum Gasteiger partial charge on any atom is -0.353 e. The predicted molar refractivity (Wildman–Crippen MR) is 63.5 cm³/mol. The van der Waals surface area contributed by atoms with Crippen molar-refractivity contribution in [3.05, 3.63) is 0 Å². The van der Waals surface area contributed by atoms with Crippen LogP contribution in [-0.2, 0) is 9.59 Å².